The van der Waals surface area contributed by atoms with Crippen molar-refractivity contribution in [3.8, 4) is 0 Å². The smallest absolute Gasteiger partial charge is 0.0775 e. The summed E-state index contributed by atoms with van der Waals surface area (Å²) in [6, 6.07) is 16.8. The summed E-state index contributed by atoms with van der Waals surface area (Å²) in [6.07, 6.45) is 0.434. The Hall–Kier alpha value is -1.64. The van der Waals surface area contributed by atoms with Gasteiger partial charge in [-0.15, -0.1) is 0 Å². The summed E-state index contributed by atoms with van der Waals surface area (Å²) in [5, 5.41) is 13.7. The van der Waals surface area contributed by atoms with Gasteiger partial charge in [0.1, 0.15) is 0 Å². The van der Waals surface area contributed by atoms with Gasteiger partial charge in [-0.05, 0) is 23.6 Å². The number of nitrogens with one attached hydrogen (secondary N) is 1. The number of aryl methyl sites for hydroxylation is 1. The van der Waals surface area contributed by atoms with Crippen LogP contribution in [0.4, 0.5) is 0 Å². The molecule has 1 aliphatic rings. The maximum atomic E-state index is 10.2. The molecule has 19 heavy (non-hydrogen) atoms. The molecule has 0 saturated heterocycles. The molecule has 2 N–H and O–H groups in total. The van der Waals surface area contributed by atoms with Crippen molar-refractivity contribution in [2.45, 2.75) is 32.0 Å². The summed E-state index contributed by atoms with van der Waals surface area (Å²) in [7, 11) is 0. The SMILES string of the molecule is Cc1cccc(CN[C@@H]2c3ccccc3C[C@@H]2O)c1. The monoisotopic (exact) mass is 253 g/mol. The van der Waals surface area contributed by atoms with Gasteiger partial charge in [-0.2, -0.15) is 0 Å². The fourth-order valence-electron chi connectivity index (χ4n) is 2.87. The van der Waals surface area contributed by atoms with Crippen molar-refractivity contribution in [2.75, 3.05) is 0 Å². The molecule has 0 aromatic heterocycles. The molecule has 1 aliphatic carbocycles. The number of fused-ring (bicyclic) bond motifs is 1. The molecule has 2 atom stereocenters. The molecule has 0 radical (unpaired) electrons. The van der Waals surface area contributed by atoms with E-state index in [-0.39, 0.29) is 12.1 Å². The van der Waals surface area contributed by atoms with Gasteiger partial charge in [-0.25, -0.2) is 0 Å². The predicted octanol–water partition coefficient (Wildman–Crippen LogP) is 2.74. The molecule has 2 nitrogen and oxygen atoms in total. The van der Waals surface area contributed by atoms with Gasteiger partial charge in [-0.3, -0.25) is 0 Å². The van der Waals surface area contributed by atoms with Crippen LogP contribution in [-0.2, 0) is 13.0 Å². The molecule has 2 aromatic carbocycles. The molecule has 0 unspecified atom stereocenters. The quantitative estimate of drug-likeness (QED) is 0.881. The lowest BCUT2D eigenvalue weighted by atomic mass is 10.1. The lowest BCUT2D eigenvalue weighted by Crippen LogP contribution is -2.28. The van der Waals surface area contributed by atoms with E-state index < -0.39 is 0 Å². The first-order chi connectivity index (χ1) is 9.24. The van der Waals surface area contributed by atoms with E-state index in [4.69, 9.17) is 0 Å². The van der Waals surface area contributed by atoms with Gasteiger partial charge in [0.2, 0.25) is 0 Å². The van der Waals surface area contributed by atoms with E-state index in [0.29, 0.717) is 0 Å². The number of rotatable bonds is 3. The second kappa shape index (κ2) is 5.16. The first-order valence-corrected chi connectivity index (χ1v) is 6.79. The van der Waals surface area contributed by atoms with Crippen molar-refractivity contribution in [3.63, 3.8) is 0 Å². The molecule has 0 amide bonds. The molecular formula is C17H19NO. The van der Waals surface area contributed by atoms with Gasteiger partial charge in [0, 0.05) is 13.0 Å². The number of aliphatic hydroxyl groups excluding tert-OH is 1. The first-order valence-electron chi connectivity index (χ1n) is 6.79. The van der Waals surface area contributed by atoms with Crippen LogP contribution in [0, 0.1) is 6.92 Å². The second-order valence-electron chi connectivity index (χ2n) is 5.32. The van der Waals surface area contributed by atoms with Crippen molar-refractivity contribution < 1.29 is 5.11 Å². The molecule has 0 heterocycles. The van der Waals surface area contributed by atoms with Gasteiger partial charge in [0.25, 0.3) is 0 Å². The lowest BCUT2D eigenvalue weighted by Gasteiger charge is -2.18. The van der Waals surface area contributed by atoms with Gasteiger partial charge >= 0.3 is 0 Å². The molecule has 0 aliphatic heterocycles. The average Bonchev–Trinajstić information content (AvgIpc) is 2.72. The Balaban J connectivity index is 1.74. The molecule has 0 fully saturated rings. The van der Waals surface area contributed by atoms with Crippen LogP contribution in [0.15, 0.2) is 48.5 Å². The summed E-state index contributed by atoms with van der Waals surface area (Å²) >= 11 is 0. The zero-order valence-electron chi connectivity index (χ0n) is 11.1. The highest BCUT2D eigenvalue weighted by Gasteiger charge is 2.29. The van der Waals surface area contributed by atoms with Gasteiger partial charge < -0.3 is 10.4 Å². The number of benzene rings is 2. The summed E-state index contributed by atoms with van der Waals surface area (Å²) in [4.78, 5) is 0. The molecule has 98 valence electrons. The van der Waals surface area contributed by atoms with E-state index in [1.54, 1.807) is 0 Å². The molecular weight excluding hydrogens is 234 g/mol. The molecule has 2 heteroatoms. The lowest BCUT2D eigenvalue weighted by molar-refractivity contribution is 0.140. The standard InChI is InChI=1S/C17H19NO/c1-12-5-4-6-13(9-12)11-18-17-15-8-3-2-7-14(15)10-16(17)19/h2-9,16-19H,10-11H2,1H3/t16-,17+/m0/s1. The zero-order chi connectivity index (χ0) is 13.2. The van der Waals surface area contributed by atoms with Crippen molar-refractivity contribution in [1.29, 1.82) is 0 Å². The summed E-state index contributed by atoms with van der Waals surface area (Å²) in [5.74, 6) is 0. The predicted molar refractivity (Wildman–Crippen MR) is 76.9 cm³/mol. The van der Waals surface area contributed by atoms with Crippen LogP contribution in [0.5, 0.6) is 0 Å². The van der Waals surface area contributed by atoms with Crippen molar-refractivity contribution in [3.05, 3.63) is 70.8 Å². The Morgan fingerprint density at radius 2 is 2.00 bits per heavy atom. The van der Waals surface area contributed by atoms with Gasteiger partial charge in [0.05, 0.1) is 12.1 Å². The maximum absolute atomic E-state index is 10.2. The van der Waals surface area contributed by atoms with E-state index in [1.165, 1.54) is 22.3 Å². The molecule has 0 spiro atoms. The fraction of sp³-hybridized carbons (Fsp3) is 0.294. The van der Waals surface area contributed by atoms with Crippen LogP contribution < -0.4 is 5.32 Å². The normalized spacial score (nSPS) is 21.4. The number of aliphatic hydroxyl groups is 1. The summed E-state index contributed by atoms with van der Waals surface area (Å²) < 4.78 is 0. The molecule has 3 rings (SSSR count). The number of hydrogen-bond acceptors (Lipinski definition) is 2. The Morgan fingerprint density at radius 3 is 2.84 bits per heavy atom. The van der Waals surface area contributed by atoms with Crippen LogP contribution in [0.2, 0.25) is 0 Å². The minimum absolute atomic E-state index is 0.0525. The fourth-order valence-corrected chi connectivity index (χ4v) is 2.87. The third kappa shape index (κ3) is 2.55. The van der Waals surface area contributed by atoms with Crippen molar-refractivity contribution >= 4 is 0 Å². The Bertz CT molecular complexity index is 579. The third-order valence-electron chi connectivity index (χ3n) is 3.81. The highest BCUT2D eigenvalue weighted by Crippen LogP contribution is 2.31. The van der Waals surface area contributed by atoms with Crippen LogP contribution in [0.1, 0.15) is 28.3 Å². The van der Waals surface area contributed by atoms with Crippen molar-refractivity contribution in [2.24, 2.45) is 0 Å². The van der Waals surface area contributed by atoms with E-state index >= 15 is 0 Å². The molecule has 2 aromatic rings. The average molecular weight is 253 g/mol. The first kappa shape index (κ1) is 12.4. The molecule has 0 saturated carbocycles. The van der Waals surface area contributed by atoms with Crippen LogP contribution in [0.25, 0.3) is 0 Å². The van der Waals surface area contributed by atoms with E-state index in [1.807, 2.05) is 12.1 Å². The Kier molecular flexibility index (Phi) is 3.36. The maximum Gasteiger partial charge on any atom is 0.0775 e. The highest BCUT2D eigenvalue weighted by molar-refractivity contribution is 5.36. The van der Waals surface area contributed by atoms with Crippen LogP contribution in [-0.4, -0.2) is 11.2 Å². The third-order valence-corrected chi connectivity index (χ3v) is 3.81. The van der Waals surface area contributed by atoms with E-state index in [0.717, 1.165) is 13.0 Å². The minimum Gasteiger partial charge on any atom is -0.391 e. The van der Waals surface area contributed by atoms with Crippen LogP contribution in [0.3, 0.4) is 0 Å². The van der Waals surface area contributed by atoms with Gasteiger partial charge in [0.15, 0.2) is 0 Å². The zero-order valence-corrected chi connectivity index (χ0v) is 11.1. The van der Waals surface area contributed by atoms with Crippen LogP contribution >= 0.6 is 0 Å². The topological polar surface area (TPSA) is 32.3 Å². The van der Waals surface area contributed by atoms with Crippen molar-refractivity contribution in [1.82, 2.24) is 5.32 Å². The highest BCUT2D eigenvalue weighted by atomic mass is 16.3. The van der Waals surface area contributed by atoms with E-state index in [9.17, 15) is 5.11 Å². The summed E-state index contributed by atoms with van der Waals surface area (Å²) in [5.41, 5.74) is 5.03. The second-order valence-corrected chi connectivity index (χ2v) is 5.32. The number of hydrogen-bond donors (Lipinski definition) is 2. The minimum atomic E-state index is -0.317. The largest absolute Gasteiger partial charge is 0.391 e. The summed E-state index contributed by atoms with van der Waals surface area (Å²) in [6.45, 7) is 2.89. The molecule has 0 bridgehead atoms. The van der Waals surface area contributed by atoms with Gasteiger partial charge in [-0.1, -0.05) is 54.1 Å². The Morgan fingerprint density at radius 1 is 1.16 bits per heavy atom. The Labute approximate surface area is 114 Å². The van der Waals surface area contributed by atoms with E-state index in [2.05, 4.69) is 48.6 Å².